The minimum absolute atomic E-state index is 0.293. The second-order valence-corrected chi connectivity index (χ2v) is 3.74. The molecule has 0 aromatic carbocycles. The van der Waals surface area contributed by atoms with E-state index in [9.17, 15) is 0 Å². The van der Waals surface area contributed by atoms with E-state index >= 15 is 0 Å². The Morgan fingerprint density at radius 1 is 1.40 bits per heavy atom. The van der Waals surface area contributed by atoms with Gasteiger partial charge in [0.1, 0.15) is 0 Å². The smallest absolute Gasteiger partial charge is 0.00906 e. The number of hydrogen-bond acceptors (Lipinski definition) is 0. The average Bonchev–Trinajstić information content (AvgIpc) is 1.88. The highest BCUT2D eigenvalue weighted by Gasteiger charge is 2.16. The minimum atomic E-state index is 0.293. The van der Waals surface area contributed by atoms with E-state index < -0.39 is 0 Å². The van der Waals surface area contributed by atoms with Gasteiger partial charge in [-0.3, -0.25) is 0 Å². The Morgan fingerprint density at radius 3 is 2.40 bits per heavy atom. The molecule has 0 aromatic rings. The highest BCUT2D eigenvalue weighted by Crippen LogP contribution is 2.28. The fourth-order valence-corrected chi connectivity index (χ4v) is 1.05. The molecule has 10 heavy (non-hydrogen) atoms. The van der Waals surface area contributed by atoms with Crippen molar-refractivity contribution >= 4 is 0 Å². The van der Waals surface area contributed by atoms with Crippen LogP contribution in [-0.2, 0) is 0 Å². The Bertz CT molecular complexity index is 213. The predicted molar refractivity (Wildman–Crippen MR) is 43.8 cm³/mol. The standard InChI is InChI=1S/C10H14/c1-10(2,3)9-7-5-4-6-8-9/h4H,5,7H2,1-3H3. The van der Waals surface area contributed by atoms with Crippen molar-refractivity contribution in [2.75, 3.05) is 0 Å². The van der Waals surface area contributed by atoms with Crippen LogP contribution in [0.25, 0.3) is 0 Å². The second-order valence-electron chi connectivity index (χ2n) is 3.74. The maximum absolute atomic E-state index is 3.17. The maximum Gasteiger partial charge on any atom is -0.00906 e. The van der Waals surface area contributed by atoms with Gasteiger partial charge in [0.2, 0.25) is 0 Å². The molecule has 0 N–H and O–H groups in total. The van der Waals surface area contributed by atoms with Crippen LogP contribution in [0.1, 0.15) is 33.6 Å². The first-order chi connectivity index (χ1) is 4.61. The first-order valence-corrected chi connectivity index (χ1v) is 3.80. The molecule has 0 nitrogen and oxygen atoms in total. The Kier molecular flexibility index (Phi) is 1.85. The molecule has 0 aliphatic heterocycles. The monoisotopic (exact) mass is 134 g/mol. The van der Waals surface area contributed by atoms with E-state index in [1.165, 1.54) is 5.57 Å². The van der Waals surface area contributed by atoms with E-state index in [1.807, 2.05) is 0 Å². The van der Waals surface area contributed by atoms with Crippen molar-refractivity contribution < 1.29 is 0 Å². The van der Waals surface area contributed by atoms with Crippen molar-refractivity contribution in [3.05, 3.63) is 23.1 Å². The lowest BCUT2D eigenvalue weighted by Crippen LogP contribution is -2.08. The lowest BCUT2D eigenvalue weighted by molar-refractivity contribution is 0.483. The summed E-state index contributed by atoms with van der Waals surface area (Å²) in [6, 6.07) is 0. The Labute approximate surface area is 62.9 Å². The molecule has 0 spiro atoms. The predicted octanol–water partition coefficient (Wildman–Crippen LogP) is 3.06. The molecule has 0 aromatic heterocycles. The molecule has 0 fully saturated rings. The average molecular weight is 134 g/mol. The number of allylic oxidation sites excluding steroid dienone is 2. The molecule has 0 heterocycles. The third-order valence-corrected chi connectivity index (χ3v) is 1.77. The van der Waals surface area contributed by atoms with Gasteiger partial charge in [0.05, 0.1) is 0 Å². The molecule has 1 aliphatic rings. The van der Waals surface area contributed by atoms with Crippen LogP contribution in [-0.4, -0.2) is 0 Å². The molecule has 0 atom stereocenters. The van der Waals surface area contributed by atoms with Gasteiger partial charge in [-0.2, -0.15) is 0 Å². The highest BCUT2D eigenvalue weighted by atomic mass is 14.2. The summed E-state index contributed by atoms with van der Waals surface area (Å²) in [5.41, 5.74) is 7.89. The van der Waals surface area contributed by atoms with Crippen LogP contribution < -0.4 is 0 Å². The van der Waals surface area contributed by atoms with Crippen molar-refractivity contribution in [3.63, 3.8) is 0 Å². The normalized spacial score (nSPS) is 17.3. The van der Waals surface area contributed by atoms with Crippen molar-refractivity contribution in [1.82, 2.24) is 0 Å². The second kappa shape index (κ2) is 2.50. The van der Waals surface area contributed by atoms with Crippen LogP contribution >= 0.6 is 0 Å². The van der Waals surface area contributed by atoms with Gasteiger partial charge in [0, 0.05) is 0 Å². The fraction of sp³-hybridized carbons (Fsp3) is 0.600. The topological polar surface area (TPSA) is 0 Å². The SMILES string of the molecule is CC(C)(C)C1=C=C=CCC1. The van der Waals surface area contributed by atoms with Gasteiger partial charge in [0.25, 0.3) is 0 Å². The van der Waals surface area contributed by atoms with Gasteiger partial charge in [-0.25, -0.2) is 0 Å². The van der Waals surface area contributed by atoms with E-state index in [1.54, 1.807) is 0 Å². The van der Waals surface area contributed by atoms with Crippen molar-refractivity contribution in [2.24, 2.45) is 5.41 Å². The molecule has 1 aliphatic carbocycles. The largest absolute Gasteiger partial charge is 0.0747 e. The molecule has 0 saturated heterocycles. The molecule has 1 rings (SSSR count). The van der Waals surface area contributed by atoms with Crippen LogP contribution in [0, 0.1) is 5.41 Å². The third-order valence-electron chi connectivity index (χ3n) is 1.77. The van der Waals surface area contributed by atoms with Crippen LogP contribution in [0.2, 0.25) is 0 Å². The van der Waals surface area contributed by atoms with Crippen molar-refractivity contribution in [1.29, 1.82) is 0 Å². The molecular weight excluding hydrogens is 120 g/mol. The zero-order chi connectivity index (χ0) is 7.61. The fourth-order valence-electron chi connectivity index (χ4n) is 1.05. The van der Waals surface area contributed by atoms with Gasteiger partial charge >= 0.3 is 0 Å². The Hall–Kier alpha value is -0.700. The van der Waals surface area contributed by atoms with Gasteiger partial charge in [-0.15, -0.1) is 0 Å². The zero-order valence-electron chi connectivity index (χ0n) is 6.99. The summed E-state index contributed by atoms with van der Waals surface area (Å²) in [5, 5.41) is 0. The molecule has 0 bridgehead atoms. The summed E-state index contributed by atoms with van der Waals surface area (Å²) < 4.78 is 0. The van der Waals surface area contributed by atoms with Crippen LogP contribution in [0.4, 0.5) is 0 Å². The Morgan fingerprint density at radius 2 is 2.10 bits per heavy atom. The van der Waals surface area contributed by atoms with Gasteiger partial charge < -0.3 is 0 Å². The van der Waals surface area contributed by atoms with Gasteiger partial charge in [-0.1, -0.05) is 32.2 Å². The molecule has 0 unspecified atom stereocenters. The number of hydrogen-bond donors (Lipinski definition) is 0. The molecule has 54 valence electrons. The van der Waals surface area contributed by atoms with Crippen LogP contribution in [0.15, 0.2) is 23.1 Å². The van der Waals surface area contributed by atoms with Gasteiger partial charge in [-0.05, 0) is 29.9 Å². The molecule has 0 amide bonds. The summed E-state index contributed by atoms with van der Waals surface area (Å²) in [7, 11) is 0. The minimum Gasteiger partial charge on any atom is -0.0747 e. The van der Waals surface area contributed by atoms with E-state index in [0.29, 0.717) is 5.41 Å². The first-order valence-electron chi connectivity index (χ1n) is 3.80. The molecule has 0 saturated carbocycles. The summed E-state index contributed by atoms with van der Waals surface area (Å²) in [6.45, 7) is 6.67. The van der Waals surface area contributed by atoms with E-state index in [-0.39, 0.29) is 0 Å². The number of rotatable bonds is 0. The summed E-state index contributed by atoms with van der Waals surface area (Å²) >= 11 is 0. The molecular formula is C10H14. The maximum atomic E-state index is 3.17. The van der Waals surface area contributed by atoms with E-state index in [4.69, 9.17) is 0 Å². The van der Waals surface area contributed by atoms with Crippen molar-refractivity contribution in [3.8, 4) is 0 Å². The van der Waals surface area contributed by atoms with E-state index in [2.05, 4.69) is 38.3 Å². The van der Waals surface area contributed by atoms with Crippen molar-refractivity contribution in [2.45, 2.75) is 33.6 Å². The lowest BCUT2D eigenvalue weighted by Gasteiger charge is -2.20. The van der Waals surface area contributed by atoms with Gasteiger partial charge in [0.15, 0.2) is 0 Å². The zero-order valence-corrected chi connectivity index (χ0v) is 6.99. The highest BCUT2D eigenvalue weighted by molar-refractivity contribution is 5.13. The quantitative estimate of drug-likeness (QED) is 0.447. The van der Waals surface area contributed by atoms with Crippen LogP contribution in [0.3, 0.4) is 0 Å². The molecule has 0 radical (unpaired) electrons. The lowest BCUT2D eigenvalue weighted by atomic mass is 9.83. The first kappa shape index (κ1) is 7.41. The summed E-state index contributed by atoms with van der Waals surface area (Å²) in [6.07, 6.45) is 4.35. The third kappa shape index (κ3) is 1.64. The van der Waals surface area contributed by atoms with Crippen LogP contribution in [0.5, 0.6) is 0 Å². The molecule has 0 heteroatoms. The summed E-state index contributed by atoms with van der Waals surface area (Å²) in [4.78, 5) is 0. The summed E-state index contributed by atoms with van der Waals surface area (Å²) in [5.74, 6) is 0. The van der Waals surface area contributed by atoms with E-state index in [0.717, 1.165) is 12.8 Å². The Balaban J connectivity index is 2.94.